The van der Waals surface area contributed by atoms with Gasteiger partial charge in [0.25, 0.3) is 0 Å². The molecule has 84 valence electrons. The maximum atomic E-state index is 7.41. The third kappa shape index (κ3) is 3.91. The Labute approximate surface area is 93.8 Å². The van der Waals surface area contributed by atoms with Gasteiger partial charge in [0.1, 0.15) is 6.33 Å². The number of nitrogens with one attached hydrogen (secondary N) is 2. The molecule has 0 bridgehead atoms. The van der Waals surface area contributed by atoms with Crippen molar-refractivity contribution >= 4 is 17.6 Å². The molecule has 1 rings (SSSR count). The number of H-pyrrole nitrogens is 1. The summed E-state index contributed by atoms with van der Waals surface area (Å²) in [4.78, 5) is 4.01. The highest BCUT2D eigenvalue weighted by atomic mass is 32.2. The van der Waals surface area contributed by atoms with E-state index >= 15 is 0 Å². The number of nitrogens with two attached hydrogens (primary N) is 1. The van der Waals surface area contributed by atoms with Gasteiger partial charge >= 0.3 is 0 Å². The maximum absolute atomic E-state index is 7.41. The summed E-state index contributed by atoms with van der Waals surface area (Å²) in [6.45, 7) is 3.99. The molecule has 6 heteroatoms. The largest absolute Gasteiger partial charge is 0.387 e. The lowest BCUT2D eigenvalue weighted by Crippen LogP contribution is -2.30. The van der Waals surface area contributed by atoms with Crippen molar-refractivity contribution in [3.05, 3.63) is 6.33 Å². The van der Waals surface area contributed by atoms with Crippen LogP contribution in [-0.4, -0.2) is 26.8 Å². The van der Waals surface area contributed by atoms with Crippen LogP contribution >= 0.6 is 11.8 Å². The van der Waals surface area contributed by atoms with E-state index in [-0.39, 0.29) is 11.3 Å². The molecule has 1 aromatic heterocycles. The molecular formula is C9H17N5S. The van der Waals surface area contributed by atoms with Gasteiger partial charge in [-0.05, 0) is 12.8 Å². The molecule has 0 spiro atoms. The fourth-order valence-corrected chi connectivity index (χ4v) is 1.80. The molecule has 0 saturated heterocycles. The first-order valence-corrected chi connectivity index (χ1v) is 5.83. The Morgan fingerprint density at radius 1 is 1.67 bits per heavy atom. The lowest BCUT2D eigenvalue weighted by atomic mass is 9.87. The van der Waals surface area contributed by atoms with Crippen LogP contribution in [0.3, 0.4) is 0 Å². The summed E-state index contributed by atoms with van der Waals surface area (Å²) < 4.78 is 0. The number of thioether (sulfide) groups is 1. The fourth-order valence-electron chi connectivity index (χ4n) is 1.08. The van der Waals surface area contributed by atoms with E-state index in [1.54, 1.807) is 11.8 Å². The standard InChI is InChI=1S/C9H17N5S/c1-9(2,7(10)11)4-3-5-15-8-12-6-13-14-8/h6H,3-5H2,1-2H3,(H3,10,11)(H,12,13,14). The second-order valence-corrected chi connectivity index (χ2v) is 5.12. The van der Waals surface area contributed by atoms with Crippen LogP contribution in [0.1, 0.15) is 26.7 Å². The van der Waals surface area contributed by atoms with Gasteiger partial charge in [0.2, 0.25) is 0 Å². The van der Waals surface area contributed by atoms with Gasteiger partial charge in [0.15, 0.2) is 5.16 Å². The van der Waals surface area contributed by atoms with Gasteiger partial charge in [0.05, 0.1) is 5.84 Å². The van der Waals surface area contributed by atoms with E-state index in [1.807, 2.05) is 13.8 Å². The fraction of sp³-hybridized carbons (Fsp3) is 0.667. The molecule has 0 unspecified atom stereocenters. The van der Waals surface area contributed by atoms with Crippen molar-refractivity contribution in [2.24, 2.45) is 11.1 Å². The van der Waals surface area contributed by atoms with E-state index in [4.69, 9.17) is 11.1 Å². The smallest absolute Gasteiger partial charge is 0.183 e. The summed E-state index contributed by atoms with van der Waals surface area (Å²) in [5, 5.41) is 14.8. The zero-order valence-electron chi connectivity index (χ0n) is 9.08. The Bertz CT molecular complexity index is 306. The number of amidine groups is 1. The van der Waals surface area contributed by atoms with Gasteiger partial charge in [-0.15, -0.1) is 0 Å². The molecule has 0 aliphatic rings. The zero-order valence-corrected chi connectivity index (χ0v) is 9.90. The average Bonchev–Trinajstić information content (AvgIpc) is 2.64. The normalized spacial score (nSPS) is 11.6. The predicted molar refractivity (Wildman–Crippen MR) is 62.0 cm³/mol. The van der Waals surface area contributed by atoms with Crippen LogP contribution in [0.5, 0.6) is 0 Å². The first-order valence-electron chi connectivity index (χ1n) is 4.85. The Morgan fingerprint density at radius 3 is 2.93 bits per heavy atom. The van der Waals surface area contributed by atoms with Crippen LogP contribution in [0.2, 0.25) is 0 Å². The van der Waals surface area contributed by atoms with Gasteiger partial charge in [-0.3, -0.25) is 10.5 Å². The lowest BCUT2D eigenvalue weighted by Gasteiger charge is -2.22. The van der Waals surface area contributed by atoms with Crippen molar-refractivity contribution in [1.29, 1.82) is 5.41 Å². The highest BCUT2D eigenvalue weighted by molar-refractivity contribution is 7.99. The van der Waals surface area contributed by atoms with E-state index in [0.717, 1.165) is 23.8 Å². The van der Waals surface area contributed by atoms with Crippen LogP contribution < -0.4 is 5.73 Å². The number of hydrogen-bond acceptors (Lipinski definition) is 4. The van der Waals surface area contributed by atoms with Crippen LogP contribution in [0.15, 0.2) is 11.5 Å². The second kappa shape index (κ2) is 5.16. The first-order chi connectivity index (χ1) is 7.02. The lowest BCUT2D eigenvalue weighted by molar-refractivity contribution is 0.464. The first kappa shape index (κ1) is 12.0. The van der Waals surface area contributed by atoms with Crippen LogP contribution in [-0.2, 0) is 0 Å². The molecular weight excluding hydrogens is 210 g/mol. The highest BCUT2D eigenvalue weighted by Crippen LogP contribution is 2.24. The van der Waals surface area contributed by atoms with Crippen LogP contribution in [0.4, 0.5) is 0 Å². The molecule has 0 atom stereocenters. The molecule has 0 aliphatic carbocycles. The summed E-state index contributed by atoms with van der Waals surface area (Å²) in [6.07, 6.45) is 3.43. The molecule has 5 nitrogen and oxygen atoms in total. The Kier molecular flexibility index (Phi) is 4.14. The third-order valence-corrected chi connectivity index (χ3v) is 3.27. The number of aromatic amines is 1. The number of hydrogen-bond donors (Lipinski definition) is 3. The van der Waals surface area contributed by atoms with Crippen molar-refractivity contribution in [2.75, 3.05) is 5.75 Å². The van der Waals surface area contributed by atoms with E-state index in [9.17, 15) is 0 Å². The summed E-state index contributed by atoms with van der Waals surface area (Å²) in [6, 6.07) is 0. The molecule has 4 N–H and O–H groups in total. The topological polar surface area (TPSA) is 91.4 Å². The van der Waals surface area contributed by atoms with Gasteiger partial charge in [-0.25, -0.2) is 4.98 Å². The molecule has 0 amide bonds. The van der Waals surface area contributed by atoms with E-state index in [0.29, 0.717) is 0 Å². The minimum absolute atomic E-state index is 0.192. The number of aromatic nitrogens is 3. The molecule has 0 saturated carbocycles. The van der Waals surface area contributed by atoms with Gasteiger partial charge in [0, 0.05) is 11.2 Å². The third-order valence-electron chi connectivity index (χ3n) is 2.31. The van der Waals surface area contributed by atoms with Crippen molar-refractivity contribution in [2.45, 2.75) is 31.8 Å². The minimum Gasteiger partial charge on any atom is -0.387 e. The van der Waals surface area contributed by atoms with Crippen molar-refractivity contribution in [1.82, 2.24) is 15.2 Å². The molecule has 1 heterocycles. The van der Waals surface area contributed by atoms with Crippen molar-refractivity contribution < 1.29 is 0 Å². The van der Waals surface area contributed by atoms with Gasteiger partial charge in [-0.2, -0.15) is 5.10 Å². The number of nitrogens with zero attached hydrogens (tertiary/aromatic N) is 2. The van der Waals surface area contributed by atoms with E-state index in [2.05, 4.69) is 15.2 Å². The van der Waals surface area contributed by atoms with Gasteiger partial charge in [-0.1, -0.05) is 25.6 Å². The Morgan fingerprint density at radius 2 is 2.40 bits per heavy atom. The number of rotatable bonds is 6. The van der Waals surface area contributed by atoms with Crippen molar-refractivity contribution in [3.63, 3.8) is 0 Å². The Balaban J connectivity index is 2.19. The molecule has 15 heavy (non-hydrogen) atoms. The quantitative estimate of drug-likeness (QED) is 0.298. The predicted octanol–water partition coefficient (Wildman–Crippen LogP) is 1.64. The molecule has 0 aromatic carbocycles. The average molecular weight is 227 g/mol. The monoisotopic (exact) mass is 227 g/mol. The zero-order chi connectivity index (χ0) is 11.3. The Hall–Kier alpha value is -1.04. The van der Waals surface area contributed by atoms with Crippen LogP contribution in [0, 0.1) is 10.8 Å². The highest BCUT2D eigenvalue weighted by Gasteiger charge is 2.20. The second-order valence-electron chi connectivity index (χ2n) is 4.04. The van der Waals surface area contributed by atoms with Gasteiger partial charge < -0.3 is 5.73 Å². The van der Waals surface area contributed by atoms with Crippen LogP contribution in [0.25, 0.3) is 0 Å². The van der Waals surface area contributed by atoms with E-state index < -0.39 is 0 Å². The summed E-state index contributed by atoms with van der Waals surface area (Å²) in [7, 11) is 0. The van der Waals surface area contributed by atoms with Crippen molar-refractivity contribution in [3.8, 4) is 0 Å². The minimum atomic E-state index is -0.192. The SMILES string of the molecule is CC(C)(CCCSc1ncn[nH]1)C(=N)N. The van der Waals surface area contributed by atoms with E-state index in [1.165, 1.54) is 6.33 Å². The molecule has 0 fully saturated rings. The molecule has 0 aliphatic heterocycles. The molecule has 1 aromatic rings. The molecule has 0 radical (unpaired) electrons. The summed E-state index contributed by atoms with van der Waals surface area (Å²) in [5.74, 6) is 1.22. The summed E-state index contributed by atoms with van der Waals surface area (Å²) in [5.41, 5.74) is 5.30. The summed E-state index contributed by atoms with van der Waals surface area (Å²) >= 11 is 1.64. The maximum Gasteiger partial charge on any atom is 0.183 e.